The van der Waals surface area contributed by atoms with Gasteiger partial charge in [0.25, 0.3) is 5.24 Å². The van der Waals surface area contributed by atoms with Crippen LogP contribution < -0.4 is 0 Å². The second kappa shape index (κ2) is 5.13. The summed E-state index contributed by atoms with van der Waals surface area (Å²) in [7, 11) is 0. The lowest BCUT2D eigenvalue weighted by Crippen LogP contribution is -1.94. The Kier molecular flexibility index (Phi) is 4.10. The van der Waals surface area contributed by atoms with Crippen LogP contribution in [0.2, 0.25) is 0 Å². The highest BCUT2D eigenvalue weighted by Crippen LogP contribution is 2.14. The van der Waals surface area contributed by atoms with Crippen LogP contribution in [0.25, 0.3) is 0 Å². The first-order valence-corrected chi connectivity index (χ1v) is 5.31. The van der Waals surface area contributed by atoms with E-state index >= 15 is 0 Å². The molecule has 0 aliphatic rings. The summed E-state index contributed by atoms with van der Waals surface area (Å²) in [6.45, 7) is 6.16. The molecule has 0 spiro atoms. The predicted octanol–water partition coefficient (Wildman–Crippen LogP) is 3.88. The summed E-state index contributed by atoms with van der Waals surface area (Å²) < 4.78 is 0. The molecule has 0 heterocycles. The van der Waals surface area contributed by atoms with Gasteiger partial charge >= 0.3 is 0 Å². The number of aryl methyl sites for hydroxylation is 1. The van der Waals surface area contributed by atoms with Gasteiger partial charge in [-0.3, -0.25) is 4.79 Å². The largest absolute Gasteiger partial charge is 0.276 e. The zero-order valence-electron chi connectivity index (χ0n) is 9.30. The minimum absolute atomic E-state index is 0.395. The monoisotopic (exact) mass is 222 g/mol. The Morgan fingerprint density at radius 1 is 1.40 bits per heavy atom. The van der Waals surface area contributed by atoms with Gasteiger partial charge in [0.2, 0.25) is 0 Å². The predicted molar refractivity (Wildman–Crippen MR) is 64.5 cm³/mol. The van der Waals surface area contributed by atoms with Gasteiger partial charge < -0.3 is 0 Å². The van der Waals surface area contributed by atoms with E-state index in [2.05, 4.69) is 19.9 Å². The quantitative estimate of drug-likeness (QED) is 0.560. The van der Waals surface area contributed by atoms with Crippen molar-refractivity contribution in [1.29, 1.82) is 0 Å². The maximum Gasteiger partial charge on any atom is 0.252 e. The molecule has 0 aromatic heterocycles. The molecular weight excluding hydrogens is 208 g/mol. The van der Waals surface area contributed by atoms with E-state index < -0.39 is 5.24 Å². The first-order chi connectivity index (χ1) is 7.00. The zero-order valence-corrected chi connectivity index (χ0v) is 10.1. The number of halogens is 1. The Balaban J connectivity index is 3.00. The van der Waals surface area contributed by atoms with Crippen molar-refractivity contribution in [3.8, 4) is 0 Å². The van der Waals surface area contributed by atoms with Crippen LogP contribution in [0.3, 0.4) is 0 Å². The molecule has 0 saturated heterocycles. The Labute approximate surface area is 95.8 Å². The molecule has 0 radical (unpaired) electrons. The van der Waals surface area contributed by atoms with Crippen molar-refractivity contribution in [3.05, 3.63) is 46.5 Å². The van der Waals surface area contributed by atoms with E-state index in [9.17, 15) is 4.79 Å². The molecule has 15 heavy (non-hydrogen) atoms. The van der Waals surface area contributed by atoms with Crippen LogP contribution in [0.15, 0.2) is 29.8 Å². The molecule has 2 heteroatoms. The molecular formula is C13H15ClO. The smallest absolute Gasteiger partial charge is 0.252 e. The molecule has 80 valence electrons. The fraction of sp³-hybridized carbons (Fsp3) is 0.308. The van der Waals surface area contributed by atoms with Gasteiger partial charge in [-0.2, -0.15) is 0 Å². The summed E-state index contributed by atoms with van der Waals surface area (Å²) in [6, 6.07) is 5.56. The summed E-state index contributed by atoms with van der Waals surface area (Å²) in [5.41, 5.74) is 4.19. The van der Waals surface area contributed by atoms with Crippen LogP contribution in [-0.2, 0) is 6.42 Å². The average molecular weight is 223 g/mol. The fourth-order valence-electron chi connectivity index (χ4n) is 1.33. The van der Waals surface area contributed by atoms with E-state index in [1.807, 2.05) is 19.1 Å². The molecule has 0 aliphatic heterocycles. The van der Waals surface area contributed by atoms with Gasteiger partial charge in [-0.25, -0.2) is 0 Å². The summed E-state index contributed by atoms with van der Waals surface area (Å²) in [4.78, 5) is 11.0. The Hall–Kier alpha value is -1.08. The van der Waals surface area contributed by atoms with Crippen molar-refractivity contribution < 1.29 is 4.79 Å². The number of hydrogen-bond acceptors (Lipinski definition) is 1. The van der Waals surface area contributed by atoms with Crippen molar-refractivity contribution in [1.82, 2.24) is 0 Å². The van der Waals surface area contributed by atoms with Crippen molar-refractivity contribution in [2.45, 2.75) is 27.2 Å². The fourth-order valence-corrected chi connectivity index (χ4v) is 1.45. The molecule has 0 fully saturated rings. The molecule has 0 saturated carbocycles. The summed E-state index contributed by atoms with van der Waals surface area (Å²) >= 11 is 5.44. The maximum atomic E-state index is 11.0. The van der Waals surface area contributed by atoms with Gasteiger partial charge in [-0.1, -0.05) is 17.7 Å². The molecule has 1 nitrogen and oxygen atoms in total. The molecule has 1 aromatic carbocycles. The van der Waals surface area contributed by atoms with Crippen molar-refractivity contribution in [2.24, 2.45) is 0 Å². The van der Waals surface area contributed by atoms with E-state index in [4.69, 9.17) is 11.6 Å². The van der Waals surface area contributed by atoms with E-state index in [1.54, 1.807) is 6.07 Å². The normalized spacial score (nSPS) is 9.87. The van der Waals surface area contributed by atoms with Crippen LogP contribution >= 0.6 is 11.6 Å². The minimum Gasteiger partial charge on any atom is -0.276 e. The highest BCUT2D eigenvalue weighted by atomic mass is 35.5. The van der Waals surface area contributed by atoms with E-state index in [-0.39, 0.29) is 0 Å². The van der Waals surface area contributed by atoms with Crippen LogP contribution in [0.1, 0.15) is 35.3 Å². The van der Waals surface area contributed by atoms with Crippen molar-refractivity contribution in [2.75, 3.05) is 0 Å². The highest BCUT2D eigenvalue weighted by molar-refractivity contribution is 6.67. The number of benzene rings is 1. The minimum atomic E-state index is -0.395. The van der Waals surface area contributed by atoms with Gasteiger partial charge in [-0.05, 0) is 62.1 Å². The second-order valence-corrected chi connectivity index (χ2v) is 4.24. The summed E-state index contributed by atoms with van der Waals surface area (Å²) in [5, 5.41) is -0.395. The van der Waals surface area contributed by atoms with Crippen LogP contribution in [0.5, 0.6) is 0 Å². The number of allylic oxidation sites excluding steroid dienone is 2. The molecule has 1 rings (SSSR count). The average Bonchev–Trinajstić information content (AvgIpc) is 2.16. The first-order valence-electron chi connectivity index (χ1n) is 4.93. The number of rotatable bonds is 3. The van der Waals surface area contributed by atoms with Gasteiger partial charge in [0, 0.05) is 5.56 Å². The maximum absolute atomic E-state index is 11.0. The molecule has 0 bridgehead atoms. The topological polar surface area (TPSA) is 17.1 Å². The van der Waals surface area contributed by atoms with Crippen LogP contribution in [0.4, 0.5) is 0 Å². The lowest BCUT2D eigenvalue weighted by Gasteiger charge is -2.04. The van der Waals surface area contributed by atoms with Gasteiger partial charge in [0.1, 0.15) is 0 Å². The van der Waals surface area contributed by atoms with Gasteiger partial charge in [0.15, 0.2) is 0 Å². The van der Waals surface area contributed by atoms with Gasteiger partial charge in [0.05, 0.1) is 0 Å². The lowest BCUT2D eigenvalue weighted by atomic mass is 10.0. The SMILES string of the molecule is CC(C)=CCc1cc(C(=O)Cl)ccc1C. The van der Waals surface area contributed by atoms with Crippen LogP contribution in [0, 0.1) is 6.92 Å². The molecule has 0 amide bonds. The third kappa shape index (κ3) is 3.52. The number of carbonyl (C=O) groups excluding carboxylic acids is 1. The van der Waals surface area contributed by atoms with Crippen molar-refractivity contribution in [3.63, 3.8) is 0 Å². The van der Waals surface area contributed by atoms with E-state index in [1.165, 1.54) is 11.1 Å². The molecule has 0 atom stereocenters. The van der Waals surface area contributed by atoms with E-state index in [0.717, 1.165) is 12.0 Å². The number of hydrogen-bond donors (Lipinski definition) is 0. The molecule has 0 N–H and O–H groups in total. The molecule has 0 aliphatic carbocycles. The molecule has 0 unspecified atom stereocenters. The second-order valence-electron chi connectivity index (χ2n) is 3.90. The molecule has 1 aromatic rings. The summed E-state index contributed by atoms with van der Waals surface area (Å²) in [6.07, 6.45) is 3.00. The third-order valence-corrected chi connectivity index (χ3v) is 2.52. The van der Waals surface area contributed by atoms with Gasteiger partial charge in [-0.15, -0.1) is 0 Å². The lowest BCUT2D eigenvalue weighted by molar-refractivity contribution is 0.108. The third-order valence-electron chi connectivity index (χ3n) is 2.31. The Bertz CT molecular complexity index is 401. The highest BCUT2D eigenvalue weighted by Gasteiger charge is 2.04. The number of carbonyl (C=O) groups is 1. The van der Waals surface area contributed by atoms with E-state index in [0.29, 0.717) is 5.56 Å². The zero-order chi connectivity index (χ0) is 11.4. The van der Waals surface area contributed by atoms with Crippen LogP contribution in [-0.4, -0.2) is 5.24 Å². The Morgan fingerprint density at radius 2 is 2.07 bits per heavy atom. The first kappa shape index (κ1) is 12.0. The van der Waals surface area contributed by atoms with Crippen molar-refractivity contribution >= 4 is 16.8 Å². The standard InChI is InChI=1S/C13H15ClO/c1-9(2)4-6-11-8-12(13(14)15)7-5-10(11)3/h4-5,7-8H,6H2,1-3H3. The Morgan fingerprint density at radius 3 is 2.60 bits per heavy atom. The summed E-state index contributed by atoms with van der Waals surface area (Å²) in [5.74, 6) is 0.